The summed E-state index contributed by atoms with van der Waals surface area (Å²) in [5.41, 5.74) is 1.10. The van der Waals surface area contributed by atoms with Crippen LogP contribution in [0, 0.1) is 0 Å². The third-order valence-corrected chi connectivity index (χ3v) is 3.70. The summed E-state index contributed by atoms with van der Waals surface area (Å²) >= 11 is 5.96. The van der Waals surface area contributed by atoms with Gasteiger partial charge in [0.1, 0.15) is 0 Å². The lowest BCUT2D eigenvalue weighted by Gasteiger charge is -2.14. The Labute approximate surface area is 119 Å². The number of benzene rings is 1. The van der Waals surface area contributed by atoms with Gasteiger partial charge in [0.2, 0.25) is 5.91 Å². The third-order valence-electron chi connectivity index (χ3n) is 3.46. The smallest absolute Gasteiger partial charge is 0.220 e. The Balaban J connectivity index is 1.77. The van der Waals surface area contributed by atoms with E-state index < -0.39 is 0 Å². The van der Waals surface area contributed by atoms with E-state index in [1.165, 1.54) is 0 Å². The highest BCUT2D eigenvalue weighted by atomic mass is 35.5. The molecule has 1 aromatic carbocycles. The topological polar surface area (TPSA) is 38.3 Å². The highest BCUT2D eigenvalue weighted by Gasteiger charge is 2.17. The second-order valence-corrected chi connectivity index (χ2v) is 5.54. The molecule has 0 saturated carbocycles. The molecule has 2 atom stereocenters. The van der Waals surface area contributed by atoms with Gasteiger partial charge < -0.3 is 10.1 Å². The van der Waals surface area contributed by atoms with Gasteiger partial charge >= 0.3 is 0 Å². The Kier molecular flexibility index (Phi) is 5.23. The maximum Gasteiger partial charge on any atom is 0.220 e. The Morgan fingerprint density at radius 2 is 2.42 bits per heavy atom. The molecule has 1 aliphatic heterocycles. The molecule has 1 heterocycles. The summed E-state index contributed by atoms with van der Waals surface area (Å²) in [7, 11) is 0. The van der Waals surface area contributed by atoms with E-state index in [-0.39, 0.29) is 17.9 Å². The first-order valence-corrected chi connectivity index (χ1v) is 7.16. The van der Waals surface area contributed by atoms with Crippen LogP contribution in [-0.2, 0) is 9.53 Å². The van der Waals surface area contributed by atoms with Crippen molar-refractivity contribution in [2.75, 3.05) is 13.2 Å². The van der Waals surface area contributed by atoms with E-state index in [9.17, 15) is 4.79 Å². The average molecular weight is 282 g/mol. The first-order chi connectivity index (χ1) is 9.15. The number of rotatable bonds is 5. The van der Waals surface area contributed by atoms with Gasteiger partial charge in [0.05, 0.1) is 6.10 Å². The van der Waals surface area contributed by atoms with Crippen molar-refractivity contribution in [3.63, 3.8) is 0 Å². The van der Waals surface area contributed by atoms with Crippen LogP contribution in [0.3, 0.4) is 0 Å². The largest absolute Gasteiger partial charge is 0.376 e. The van der Waals surface area contributed by atoms with Crippen LogP contribution in [0.1, 0.15) is 37.7 Å². The fraction of sp³-hybridized carbons (Fsp3) is 0.533. The molecule has 104 valence electrons. The highest BCUT2D eigenvalue weighted by Crippen LogP contribution is 2.22. The van der Waals surface area contributed by atoms with Gasteiger partial charge in [0, 0.05) is 24.6 Å². The second-order valence-electron chi connectivity index (χ2n) is 5.10. The molecular weight excluding hydrogens is 262 g/mol. The van der Waals surface area contributed by atoms with Gasteiger partial charge in [-0.15, -0.1) is 0 Å². The van der Waals surface area contributed by atoms with Gasteiger partial charge in [-0.05, 0) is 36.5 Å². The van der Waals surface area contributed by atoms with Crippen molar-refractivity contribution < 1.29 is 9.53 Å². The lowest BCUT2D eigenvalue weighted by Crippen LogP contribution is -2.32. The molecule has 4 heteroatoms. The normalized spacial score (nSPS) is 20.2. The number of carbonyl (C=O) groups excluding carboxylic acids is 1. The van der Waals surface area contributed by atoms with Crippen molar-refractivity contribution in [2.45, 2.75) is 38.2 Å². The summed E-state index contributed by atoms with van der Waals surface area (Å²) in [5.74, 6) is 0.242. The highest BCUT2D eigenvalue weighted by molar-refractivity contribution is 6.30. The number of halogens is 1. The summed E-state index contributed by atoms with van der Waals surface area (Å²) in [4.78, 5) is 11.9. The van der Waals surface area contributed by atoms with Gasteiger partial charge in [0.15, 0.2) is 0 Å². The lowest BCUT2D eigenvalue weighted by molar-refractivity contribution is -0.121. The second kappa shape index (κ2) is 6.92. The molecule has 0 bridgehead atoms. The number of ether oxygens (including phenoxy) is 1. The van der Waals surface area contributed by atoms with E-state index in [1.807, 2.05) is 31.2 Å². The Morgan fingerprint density at radius 3 is 3.11 bits per heavy atom. The minimum atomic E-state index is 0.0722. The molecule has 0 aliphatic carbocycles. The quantitative estimate of drug-likeness (QED) is 0.900. The van der Waals surface area contributed by atoms with Crippen LogP contribution < -0.4 is 5.32 Å². The predicted octanol–water partition coefficient (Wildman–Crippen LogP) is 3.13. The van der Waals surface area contributed by atoms with Gasteiger partial charge in [-0.3, -0.25) is 4.79 Å². The Bertz CT molecular complexity index is 430. The van der Waals surface area contributed by atoms with Crippen LogP contribution in [0.25, 0.3) is 0 Å². The van der Waals surface area contributed by atoms with E-state index in [4.69, 9.17) is 16.3 Å². The molecule has 1 aliphatic rings. The van der Waals surface area contributed by atoms with Gasteiger partial charge in [-0.1, -0.05) is 30.7 Å². The zero-order valence-electron chi connectivity index (χ0n) is 11.2. The third kappa shape index (κ3) is 4.51. The van der Waals surface area contributed by atoms with Gasteiger partial charge in [-0.2, -0.15) is 0 Å². The fourth-order valence-corrected chi connectivity index (χ4v) is 2.51. The average Bonchev–Trinajstić information content (AvgIpc) is 2.89. The molecule has 0 aromatic heterocycles. The number of hydrogen-bond donors (Lipinski definition) is 1. The summed E-state index contributed by atoms with van der Waals surface area (Å²) in [6, 6.07) is 7.68. The minimum Gasteiger partial charge on any atom is -0.376 e. The van der Waals surface area contributed by atoms with Crippen molar-refractivity contribution in [1.82, 2.24) is 5.32 Å². The summed E-state index contributed by atoms with van der Waals surface area (Å²) in [6.45, 7) is 3.48. The number of hydrogen-bond acceptors (Lipinski definition) is 2. The lowest BCUT2D eigenvalue weighted by atomic mass is 9.97. The van der Waals surface area contributed by atoms with Crippen molar-refractivity contribution >= 4 is 17.5 Å². The summed E-state index contributed by atoms with van der Waals surface area (Å²) < 4.78 is 5.48. The molecular formula is C15H20ClNO2. The molecule has 3 nitrogen and oxygen atoms in total. The van der Waals surface area contributed by atoms with E-state index in [2.05, 4.69) is 5.32 Å². The molecule has 1 amide bonds. The molecule has 19 heavy (non-hydrogen) atoms. The zero-order valence-corrected chi connectivity index (χ0v) is 12.0. The fourth-order valence-electron chi connectivity index (χ4n) is 2.31. The van der Waals surface area contributed by atoms with Crippen LogP contribution in [0.4, 0.5) is 0 Å². The van der Waals surface area contributed by atoms with Gasteiger partial charge in [-0.25, -0.2) is 0 Å². The zero-order chi connectivity index (χ0) is 13.7. The Hall–Kier alpha value is -1.06. The number of amides is 1. The monoisotopic (exact) mass is 281 g/mol. The molecule has 0 spiro atoms. The summed E-state index contributed by atoms with van der Waals surface area (Å²) in [6.07, 6.45) is 2.82. The molecule has 1 N–H and O–H groups in total. The maximum absolute atomic E-state index is 11.9. The van der Waals surface area contributed by atoms with Crippen LogP contribution in [-0.4, -0.2) is 25.2 Å². The van der Waals surface area contributed by atoms with Crippen LogP contribution in [0.2, 0.25) is 5.02 Å². The minimum absolute atomic E-state index is 0.0722. The van der Waals surface area contributed by atoms with E-state index in [1.54, 1.807) is 0 Å². The van der Waals surface area contributed by atoms with Gasteiger partial charge in [0.25, 0.3) is 0 Å². The molecule has 2 rings (SSSR count). The molecule has 1 fully saturated rings. The van der Waals surface area contributed by atoms with Crippen molar-refractivity contribution in [2.24, 2.45) is 0 Å². The van der Waals surface area contributed by atoms with E-state index >= 15 is 0 Å². The molecule has 1 aromatic rings. The SMILES string of the molecule is CC(CC(=O)NCC1CCCO1)c1cccc(Cl)c1. The van der Waals surface area contributed by atoms with Crippen LogP contribution in [0.15, 0.2) is 24.3 Å². The van der Waals surface area contributed by atoms with Crippen molar-refractivity contribution in [1.29, 1.82) is 0 Å². The Morgan fingerprint density at radius 1 is 1.58 bits per heavy atom. The van der Waals surface area contributed by atoms with Crippen LogP contribution in [0.5, 0.6) is 0 Å². The standard InChI is InChI=1S/C15H20ClNO2/c1-11(12-4-2-5-13(16)9-12)8-15(18)17-10-14-6-3-7-19-14/h2,4-5,9,11,14H,3,6-8,10H2,1H3,(H,17,18). The predicted molar refractivity (Wildman–Crippen MR) is 76.5 cm³/mol. The van der Waals surface area contributed by atoms with E-state index in [0.717, 1.165) is 25.0 Å². The molecule has 2 unspecified atom stereocenters. The first kappa shape index (κ1) is 14.4. The molecule has 1 saturated heterocycles. The maximum atomic E-state index is 11.9. The number of nitrogens with one attached hydrogen (secondary N) is 1. The van der Waals surface area contributed by atoms with E-state index in [0.29, 0.717) is 18.0 Å². The van der Waals surface area contributed by atoms with Crippen molar-refractivity contribution in [3.8, 4) is 0 Å². The van der Waals surface area contributed by atoms with Crippen molar-refractivity contribution in [3.05, 3.63) is 34.9 Å². The number of carbonyl (C=O) groups is 1. The summed E-state index contributed by atoms with van der Waals surface area (Å²) in [5, 5.41) is 3.66. The first-order valence-electron chi connectivity index (χ1n) is 6.79. The molecule has 0 radical (unpaired) electrons. The van der Waals surface area contributed by atoms with Crippen LogP contribution >= 0.6 is 11.6 Å².